The van der Waals surface area contributed by atoms with Gasteiger partial charge in [0.05, 0.1) is 5.92 Å². The molecule has 2 rings (SSSR count). The highest BCUT2D eigenvalue weighted by molar-refractivity contribution is 5.79. The second kappa shape index (κ2) is 7.13. The summed E-state index contributed by atoms with van der Waals surface area (Å²) in [5.41, 5.74) is 6.34. The third-order valence-electron chi connectivity index (χ3n) is 5.74. The third-order valence-corrected chi connectivity index (χ3v) is 5.74. The van der Waals surface area contributed by atoms with Crippen molar-refractivity contribution < 1.29 is 4.79 Å². The predicted molar refractivity (Wildman–Crippen MR) is 87.9 cm³/mol. The van der Waals surface area contributed by atoms with Crippen LogP contribution in [0.15, 0.2) is 0 Å². The molecule has 0 radical (unpaired) electrons. The third kappa shape index (κ3) is 4.45. The Labute approximate surface area is 130 Å². The lowest BCUT2D eigenvalue weighted by Gasteiger charge is -2.38. The van der Waals surface area contributed by atoms with Gasteiger partial charge in [-0.1, -0.05) is 33.6 Å². The minimum atomic E-state index is 0.0688. The average Bonchev–Trinajstić information content (AvgIpc) is 2.97. The number of hydrogen-bond donors (Lipinski definition) is 1. The first-order chi connectivity index (χ1) is 9.91. The van der Waals surface area contributed by atoms with Crippen LogP contribution in [0.1, 0.15) is 65.7 Å². The molecule has 0 aromatic rings. The Hall–Kier alpha value is -0.570. The second-order valence-electron chi connectivity index (χ2n) is 8.28. The molecule has 0 aromatic carbocycles. The van der Waals surface area contributed by atoms with Gasteiger partial charge in [-0.15, -0.1) is 0 Å². The molecule has 3 nitrogen and oxygen atoms in total. The summed E-state index contributed by atoms with van der Waals surface area (Å²) in [4.78, 5) is 14.6. The Kier molecular flexibility index (Phi) is 5.70. The van der Waals surface area contributed by atoms with Crippen molar-refractivity contribution >= 4 is 5.91 Å². The number of likely N-dealkylation sites (tertiary alicyclic amines) is 1. The molecule has 1 unspecified atom stereocenters. The maximum atomic E-state index is 12.5. The Morgan fingerprint density at radius 2 is 1.71 bits per heavy atom. The molecule has 122 valence electrons. The Morgan fingerprint density at radius 1 is 1.14 bits per heavy atom. The first kappa shape index (κ1) is 16.8. The van der Waals surface area contributed by atoms with Crippen molar-refractivity contribution in [1.82, 2.24) is 4.90 Å². The molecular formula is C18H34N2O. The summed E-state index contributed by atoms with van der Waals surface area (Å²) in [5, 5.41) is 0. The Morgan fingerprint density at radius 3 is 2.19 bits per heavy atom. The van der Waals surface area contributed by atoms with E-state index in [4.69, 9.17) is 5.73 Å². The van der Waals surface area contributed by atoms with Gasteiger partial charge in [-0.2, -0.15) is 0 Å². The van der Waals surface area contributed by atoms with Crippen molar-refractivity contribution in [3.05, 3.63) is 0 Å². The van der Waals surface area contributed by atoms with E-state index in [1.54, 1.807) is 0 Å². The summed E-state index contributed by atoms with van der Waals surface area (Å²) in [6, 6.07) is 0. The molecule has 0 bridgehead atoms. The zero-order valence-electron chi connectivity index (χ0n) is 14.2. The molecule has 2 N–H and O–H groups in total. The van der Waals surface area contributed by atoms with Gasteiger partial charge in [0, 0.05) is 19.6 Å². The van der Waals surface area contributed by atoms with Crippen molar-refractivity contribution in [3.63, 3.8) is 0 Å². The van der Waals surface area contributed by atoms with E-state index in [-0.39, 0.29) is 5.92 Å². The smallest absolute Gasteiger partial charge is 0.226 e. The van der Waals surface area contributed by atoms with Crippen LogP contribution >= 0.6 is 0 Å². The molecule has 0 aromatic heterocycles. The lowest BCUT2D eigenvalue weighted by Crippen LogP contribution is -2.38. The largest absolute Gasteiger partial charge is 0.342 e. The number of nitrogens with two attached hydrogens (primary N) is 1. The van der Waals surface area contributed by atoms with Crippen LogP contribution in [0.25, 0.3) is 0 Å². The highest BCUT2D eigenvalue weighted by atomic mass is 16.2. The lowest BCUT2D eigenvalue weighted by molar-refractivity contribution is -0.134. The van der Waals surface area contributed by atoms with Crippen molar-refractivity contribution in [3.8, 4) is 0 Å². The monoisotopic (exact) mass is 294 g/mol. The van der Waals surface area contributed by atoms with E-state index >= 15 is 0 Å². The molecule has 1 heterocycles. The molecule has 1 atom stereocenters. The van der Waals surface area contributed by atoms with Crippen molar-refractivity contribution in [2.45, 2.75) is 65.7 Å². The van der Waals surface area contributed by atoms with Gasteiger partial charge in [0.25, 0.3) is 0 Å². The summed E-state index contributed by atoms with van der Waals surface area (Å²) >= 11 is 0. The van der Waals surface area contributed by atoms with Crippen LogP contribution in [0.5, 0.6) is 0 Å². The normalized spacial score (nSPS) is 28.7. The molecular weight excluding hydrogens is 260 g/mol. The molecule has 0 spiro atoms. The molecule has 1 saturated heterocycles. The summed E-state index contributed by atoms with van der Waals surface area (Å²) in [7, 11) is 0. The first-order valence-electron chi connectivity index (χ1n) is 8.90. The van der Waals surface area contributed by atoms with Gasteiger partial charge in [0.1, 0.15) is 0 Å². The summed E-state index contributed by atoms with van der Waals surface area (Å²) in [6.07, 6.45) is 8.56. The molecule has 1 saturated carbocycles. The number of rotatable bonds is 4. The van der Waals surface area contributed by atoms with Crippen molar-refractivity contribution in [2.75, 3.05) is 19.6 Å². The van der Waals surface area contributed by atoms with Gasteiger partial charge < -0.3 is 10.6 Å². The fourth-order valence-corrected chi connectivity index (χ4v) is 4.16. The molecule has 3 heteroatoms. The van der Waals surface area contributed by atoms with Gasteiger partial charge in [-0.3, -0.25) is 4.79 Å². The van der Waals surface area contributed by atoms with E-state index < -0.39 is 0 Å². The second-order valence-corrected chi connectivity index (χ2v) is 8.28. The summed E-state index contributed by atoms with van der Waals surface area (Å²) in [6.45, 7) is 9.50. The minimum absolute atomic E-state index is 0.0688. The van der Waals surface area contributed by atoms with Crippen LogP contribution in [0.4, 0.5) is 0 Å². The van der Waals surface area contributed by atoms with Crippen molar-refractivity contribution in [2.24, 2.45) is 28.9 Å². The van der Waals surface area contributed by atoms with E-state index in [0.29, 0.717) is 23.8 Å². The van der Waals surface area contributed by atoms with E-state index in [1.165, 1.54) is 38.5 Å². The fourth-order valence-electron chi connectivity index (χ4n) is 4.16. The van der Waals surface area contributed by atoms with Crippen LogP contribution in [0, 0.1) is 23.2 Å². The maximum absolute atomic E-state index is 12.5. The number of nitrogens with zero attached hydrogens (tertiary/aromatic N) is 1. The van der Waals surface area contributed by atoms with Crippen LogP contribution in [0.3, 0.4) is 0 Å². The fraction of sp³-hybridized carbons (Fsp3) is 0.944. The van der Waals surface area contributed by atoms with Gasteiger partial charge in [0.2, 0.25) is 5.91 Å². The topological polar surface area (TPSA) is 46.3 Å². The number of carbonyl (C=O) groups excluding carboxylic acids is 1. The highest BCUT2D eigenvalue weighted by Gasteiger charge is 2.33. The number of amides is 1. The molecule has 21 heavy (non-hydrogen) atoms. The van der Waals surface area contributed by atoms with Crippen LogP contribution in [0.2, 0.25) is 0 Å². The zero-order valence-corrected chi connectivity index (χ0v) is 14.2. The quantitative estimate of drug-likeness (QED) is 0.863. The van der Waals surface area contributed by atoms with Gasteiger partial charge in [-0.25, -0.2) is 0 Å². The Bertz CT molecular complexity index is 334. The van der Waals surface area contributed by atoms with E-state index in [1.807, 2.05) is 4.90 Å². The molecule has 1 amide bonds. The molecule has 1 aliphatic carbocycles. The SMILES string of the molecule is CC(C)(C)C1CCC(CC(CN)C(=O)N2CCCC2)CC1. The summed E-state index contributed by atoms with van der Waals surface area (Å²) in [5.74, 6) is 1.95. The van der Waals surface area contributed by atoms with E-state index in [0.717, 1.165) is 25.4 Å². The van der Waals surface area contributed by atoms with E-state index in [9.17, 15) is 4.79 Å². The van der Waals surface area contributed by atoms with Crippen LogP contribution in [-0.2, 0) is 4.79 Å². The first-order valence-corrected chi connectivity index (χ1v) is 8.90. The van der Waals surface area contributed by atoms with Crippen molar-refractivity contribution in [1.29, 1.82) is 0 Å². The lowest BCUT2D eigenvalue weighted by atomic mass is 9.68. The molecule has 2 fully saturated rings. The molecule has 2 aliphatic rings. The minimum Gasteiger partial charge on any atom is -0.342 e. The Balaban J connectivity index is 1.82. The highest BCUT2D eigenvalue weighted by Crippen LogP contribution is 2.41. The number of carbonyl (C=O) groups is 1. The van der Waals surface area contributed by atoms with Gasteiger partial charge in [0.15, 0.2) is 0 Å². The molecule has 1 aliphatic heterocycles. The van der Waals surface area contributed by atoms with Crippen LogP contribution < -0.4 is 5.73 Å². The van der Waals surface area contributed by atoms with Gasteiger partial charge in [-0.05, 0) is 49.4 Å². The van der Waals surface area contributed by atoms with E-state index in [2.05, 4.69) is 20.8 Å². The zero-order chi connectivity index (χ0) is 15.5. The van der Waals surface area contributed by atoms with Gasteiger partial charge >= 0.3 is 0 Å². The maximum Gasteiger partial charge on any atom is 0.226 e. The number of hydrogen-bond acceptors (Lipinski definition) is 2. The van der Waals surface area contributed by atoms with Crippen LogP contribution in [-0.4, -0.2) is 30.4 Å². The summed E-state index contributed by atoms with van der Waals surface area (Å²) < 4.78 is 0. The predicted octanol–water partition coefficient (Wildman–Crippen LogP) is 3.43. The average molecular weight is 294 g/mol. The standard InChI is InChI=1S/C18H34N2O/c1-18(2,3)16-8-6-14(7-9-16)12-15(13-19)17(21)20-10-4-5-11-20/h14-16H,4-13,19H2,1-3H3.